The Morgan fingerprint density at radius 3 is 2.80 bits per heavy atom. The van der Waals surface area contributed by atoms with Gasteiger partial charge in [-0.2, -0.15) is 4.98 Å². The van der Waals surface area contributed by atoms with E-state index in [1.54, 1.807) is 24.5 Å². The summed E-state index contributed by atoms with van der Waals surface area (Å²) in [7, 11) is 0. The Morgan fingerprint density at radius 2 is 2.00 bits per heavy atom. The fraction of sp³-hybridized carbons (Fsp3) is 0.0588. The van der Waals surface area contributed by atoms with Crippen LogP contribution in [0.5, 0.6) is 0 Å². The summed E-state index contributed by atoms with van der Waals surface area (Å²) in [5.74, 6) is 1.07. The molecule has 1 aromatic carbocycles. The summed E-state index contributed by atoms with van der Waals surface area (Å²) in [6.07, 6.45) is 3.32. The summed E-state index contributed by atoms with van der Waals surface area (Å²) in [4.78, 5) is 16.4. The highest BCUT2D eigenvalue weighted by atomic mass is 16.5. The van der Waals surface area contributed by atoms with Crippen molar-refractivity contribution in [1.82, 2.24) is 15.3 Å². The molecule has 3 heterocycles. The Hall–Kier alpha value is -3.68. The van der Waals surface area contributed by atoms with Crippen molar-refractivity contribution in [2.24, 2.45) is 0 Å². The lowest BCUT2D eigenvalue weighted by Gasteiger charge is -2.08. The van der Waals surface area contributed by atoms with Gasteiger partial charge >= 0.3 is 0 Å². The zero-order chi connectivity index (χ0) is 17.1. The molecule has 1 N–H and O–H groups in total. The topological polar surface area (TPSA) is 107 Å². The van der Waals surface area contributed by atoms with E-state index in [4.69, 9.17) is 13.5 Å². The van der Waals surface area contributed by atoms with Crippen molar-refractivity contribution in [3.05, 3.63) is 72.1 Å². The van der Waals surface area contributed by atoms with E-state index >= 15 is 0 Å². The summed E-state index contributed by atoms with van der Waals surface area (Å²) in [6.45, 7) is 0. The molecule has 4 aromatic rings. The molecule has 0 aliphatic carbocycles. The third kappa shape index (κ3) is 3.18. The van der Waals surface area contributed by atoms with E-state index < -0.39 is 0 Å². The zero-order valence-corrected chi connectivity index (χ0v) is 12.9. The molecule has 4 rings (SSSR count). The predicted molar refractivity (Wildman–Crippen MR) is 85.7 cm³/mol. The number of carbonyl (C=O) groups is 1. The molecule has 25 heavy (non-hydrogen) atoms. The van der Waals surface area contributed by atoms with Crippen LogP contribution in [0.3, 0.4) is 0 Å². The molecule has 0 aliphatic heterocycles. The quantitative estimate of drug-likeness (QED) is 0.596. The summed E-state index contributed by atoms with van der Waals surface area (Å²) in [5.41, 5.74) is 1.45. The molecule has 8 heteroatoms. The van der Waals surface area contributed by atoms with Gasteiger partial charge in [0.05, 0.1) is 18.9 Å². The Labute approximate surface area is 141 Å². The Morgan fingerprint density at radius 1 is 1.08 bits per heavy atom. The largest absolute Gasteiger partial charge is 0.461 e. The number of furan rings is 1. The first kappa shape index (κ1) is 14.9. The molecule has 3 aromatic heterocycles. The van der Waals surface area contributed by atoms with E-state index in [9.17, 15) is 4.79 Å². The summed E-state index contributed by atoms with van der Waals surface area (Å²) < 4.78 is 15.4. The number of nitrogens with zero attached hydrogens (tertiary/aromatic N) is 3. The van der Waals surface area contributed by atoms with Gasteiger partial charge in [0.25, 0.3) is 5.91 Å². The maximum Gasteiger partial charge on any atom is 0.294 e. The van der Waals surface area contributed by atoms with Crippen LogP contribution in [0.25, 0.3) is 11.6 Å². The molecule has 1 amide bonds. The molecule has 8 nitrogen and oxygen atoms in total. The van der Waals surface area contributed by atoms with Crippen molar-refractivity contribution in [3.63, 3.8) is 0 Å². The first-order chi connectivity index (χ1) is 12.3. The second-order valence-corrected chi connectivity index (χ2v) is 5.15. The molecule has 0 saturated heterocycles. The third-order valence-electron chi connectivity index (χ3n) is 3.48. The molecule has 0 spiro atoms. The second-order valence-electron chi connectivity index (χ2n) is 5.15. The third-order valence-corrected chi connectivity index (χ3v) is 3.48. The number of anilines is 1. The van der Waals surface area contributed by atoms with Crippen LogP contribution in [0.2, 0.25) is 0 Å². The number of amides is 1. The molecule has 0 bridgehead atoms. The van der Waals surface area contributed by atoms with E-state index in [1.807, 2.05) is 18.2 Å². The van der Waals surface area contributed by atoms with Crippen molar-refractivity contribution in [2.75, 3.05) is 5.32 Å². The molecule has 0 radical (unpaired) electrons. The highest BCUT2D eigenvalue weighted by Crippen LogP contribution is 2.21. The molecule has 124 valence electrons. The van der Waals surface area contributed by atoms with Gasteiger partial charge in [-0.1, -0.05) is 28.5 Å². The number of benzene rings is 1. The number of para-hydroxylation sites is 1. The number of carbonyl (C=O) groups excluding carboxylic acids is 1. The fourth-order valence-electron chi connectivity index (χ4n) is 2.31. The monoisotopic (exact) mass is 336 g/mol. The van der Waals surface area contributed by atoms with Crippen molar-refractivity contribution < 1.29 is 18.3 Å². The van der Waals surface area contributed by atoms with Crippen LogP contribution >= 0.6 is 0 Å². The van der Waals surface area contributed by atoms with Crippen LogP contribution in [0.4, 0.5) is 5.69 Å². The first-order valence-electron chi connectivity index (χ1n) is 7.46. The lowest BCUT2D eigenvalue weighted by Crippen LogP contribution is -2.12. The average Bonchev–Trinajstić information content (AvgIpc) is 3.38. The minimum Gasteiger partial charge on any atom is -0.461 e. The molecule has 0 atom stereocenters. The number of rotatable bonds is 5. The molecular weight excluding hydrogens is 324 g/mol. The minimum atomic E-state index is -0.383. The van der Waals surface area contributed by atoms with Crippen molar-refractivity contribution in [2.45, 2.75) is 6.42 Å². The van der Waals surface area contributed by atoms with Gasteiger partial charge in [-0.25, -0.2) is 0 Å². The highest BCUT2D eigenvalue weighted by molar-refractivity contribution is 6.02. The standard InChI is InChI=1S/C17H12N4O4/c22-17(14-7-8-18-24-14)19-12-5-2-1-4-11(12)10-15-20-16(21-25-15)13-6-3-9-23-13/h1-9H,10H2,(H,19,22). The van der Waals surface area contributed by atoms with Crippen molar-refractivity contribution in [1.29, 1.82) is 0 Å². The smallest absolute Gasteiger partial charge is 0.294 e. The van der Waals surface area contributed by atoms with Gasteiger partial charge in [0.15, 0.2) is 5.76 Å². The fourth-order valence-corrected chi connectivity index (χ4v) is 2.31. The number of hydrogen-bond acceptors (Lipinski definition) is 7. The van der Waals surface area contributed by atoms with Gasteiger partial charge < -0.3 is 18.8 Å². The maximum absolute atomic E-state index is 12.1. The van der Waals surface area contributed by atoms with Gasteiger partial charge in [0.2, 0.25) is 17.5 Å². The van der Waals surface area contributed by atoms with E-state index in [-0.39, 0.29) is 11.7 Å². The van der Waals surface area contributed by atoms with Gasteiger partial charge in [-0.15, -0.1) is 0 Å². The Kier molecular flexibility index (Phi) is 3.83. The summed E-state index contributed by atoms with van der Waals surface area (Å²) in [6, 6.07) is 12.3. The predicted octanol–water partition coefficient (Wildman–Crippen LogP) is 3.16. The zero-order valence-electron chi connectivity index (χ0n) is 12.9. The van der Waals surface area contributed by atoms with Crippen LogP contribution in [0.1, 0.15) is 22.0 Å². The number of aromatic nitrogens is 3. The van der Waals surface area contributed by atoms with Gasteiger partial charge in [0, 0.05) is 11.8 Å². The summed E-state index contributed by atoms with van der Waals surface area (Å²) in [5, 5.41) is 10.2. The van der Waals surface area contributed by atoms with E-state index in [0.29, 0.717) is 29.6 Å². The molecule has 0 unspecified atom stereocenters. The average molecular weight is 336 g/mol. The van der Waals surface area contributed by atoms with Crippen LogP contribution < -0.4 is 5.32 Å². The molecule has 0 aliphatic rings. The second kappa shape index (κ2) is 6.44. The highest BCUT2D eigenvalue weighted by Gasteiger charge is 2.15. The molecule has 0 saturated carbocycles. The lowest BCUT2D eigenvalue weighted by atomic mass is 10.1. The number of nitrogens with one attached hydrogen (secondary N) is 1. The molecular formula is C17H12N4O4. The minimum absolute atomic E-state index is 0.132. The van der Waals surface area contributed by atoms with E-state index in [0.717, 1.165) is 5.56 Å². The van der Waals surface area contributed by atoms with E-state index in [1.165, 1.54) is 12.3 Å². The first-order valence-corrected chi connectivity index (χ1v) is 7.46. The summed E-state index contributed by atoms with van der Waals surface area (Å²) >= 11 is 0. The van der Waals surface area contributed by atoms with Gasteiger partial charge in [-0.05, 0) is 23.8 Å². The van der Waals surface area contributed by atoms with Crippen molar-refractivity contribution in [3.8, 4) is 11.6 Å². The van der Waals surface area contributed by atoms with E-state index in [2.05, 4.69) is 20.6 Å². The lowest BCUT2D eigenvalue weighted by molar-refractivity contribution is 0.0988. The van der Waals surface area contributed by atoms with Gasteiger partial charge in [-0.3, -0.25) is 4.79 Å². The maximum atomic E-state index is 12.1. The SMILES string of the molecule is O=C(Nc1ccccc1Cc1nc(-c2ccco2)no1)c1ccno1. The molecule has 0 fully saturated rings. The van der Waals surface area contributed by atoms with Crippen LogP contribution in [0, 0.1) is 0 Å². The Balaban J connectivity index is 1.54. The number of hydrogen-bond donors (Lipinski definition) is 1. The van der Waals surface area contributed by atoms with Crippen molar-refractivity contribution >= 4 is 11.6 Å². The van der Waals surface area contributed by atoms with Crippen LogP contribution in [-0.4, -0.2) is 21.2 Å². The van der Waals surface area contributed by atoms with Crippen LogP contribution in [0.15, 0.2) is 68.4 Å². The Bertz CT molecular complexity index is 974. The van der Waals surface area contributed by atoms with Gasteiger partial charge in [0.1, 0.15) is 0 Å². The normalized spacial score (nSPS) is 10.7. The van der Waals surface area contributed by atoms with Crippen LogP contribution in [-0.2, 0) is 6.42 Å².